The van der Waals surface area contributed by atoms with Gasteiger partial charge in [0.25, 0.3) is 0 Å². The van der Waals surface area contributed by atoms with E-state index in [0.29, 0.717) is 19.4 Å². The van der Waals surface area contributed by atoms with Gasteiger partial charge in [0, 0.05) is 6.54 Å². The van der Waals surface area contributed by atoms with Crippen molar-refractivity contribution in [3.05, 3.63) is 0 Å². The van der Waals surface area contributed by atoms with Crippen molar-refractivity contribution in [1.82, 2.24) is 5.32 Å². The van der Waals surface area contributed by atoms with Crippen molar-refractivity contribution in [3.63, 3.8) is 0 Å². The van der Waals surface area contributed by atoms with E-state index in [1.807, 2.05) is 13.8 Å². The molecule has 20 heavy (non-hydrogen) atoms. The Balaban J connectivity index is 4.37. The zero-order valence-electron chi connectivity index (χ0n) is 12.1. The summed E-state index contributed by atoms with van der Waals surface area (Å²) in [7, 11) is 0. The Bertz CT molecular complexity index is 354. The van der Waals surface area contributed by atoms with Crippen molar-refractivity contribution < 1.29 is 9.59 Å². The van der Waals surface area contributed by atoms with Crippen LogP contribution >= 0.6 is 0 Å². The minimum absolute atomic E-state index is 0.0107. The van der Waals surface area contributed by atoms with Crippen LogP contribution in [0.25, 0.3) is 0 Å². The summed E-state index contributed by atoms with van der Waals surface area (Å²) >= 11 is 0. The van der Waals surface area contributed by atoms with Crippen LogP contribution < -0.4 is 28.3 Å². The predicted molar refractivity (Wildman–Crippen MR) is 78.5 cm³/mol. The third-order valence-electron chi connectivity index (χ3n) is 3.16. The largest absolute Gasteiger partial charge is 0.370 e. The van der Waals surface area contributed by atoms with Crippen molar-refractivity contribution in [1.29, 1.82) is 0 Å². The van der Waals surface area contributed by atoms with Gasteiger partial charge >= 0.3 is 0 Å². The molecule has 0 aliphatic carbocycles. The van der Waals surface area contributed by atoms with Crippen LogP contribution in [-0.2, 0) is 9.59 Å². The Morgan fingerprint density at radius 3 is 2.30 bits per heavy atom. The highest BCUT2D eigenvalue weighted by Gasteiger charge is 2.24. The van der Waals surface area contributed by atoms with E-state index < -0.39 is 18.0 Å². The molecule has 116 valence electrons. The molecule has 8 nitrogen and oxygen atoms in total. The summed E-state index contributed by atoms with van der Waals surface area (Å²) in [5.41, 5.74) is 21.4. The van der Waals surface area contributed by atoms with Crippen LogP contribution in [0.3, 0.4) is 0 Å². The molecule has 0 aliphatic heterocycles. The summed E-state index contributed by atoms with van der Waals surface area (Å²) in [6.45, 7) is 4.19. The normalized spacial score (nSPS) is 14.9. The molecule has 0 heterocycles. The first-order chi connectivity index (χ1) is 9.29. The number of carbonyl (C=O) groups is 2. The number of aliphatic imine (C=N–C) groups is 1. The monoisotopic (exact) mass is 286 g/mol. The van der Waals surface area contributed by atoms with Crippen LogP contribution in [0.15, 0.2) is 4.99 Å². The van der Waals surface area contributed by atoms with Gasteiger partial charge in [0.05, 0.1) is 6.04 Å². The zero-order chi connectivity index (χ0) is 15.7. The van der Waals surface area contributed by atoms with Gasteiger partial charge in [-0.25, -0.2) is 0 Å². The average Bonchev–Trinajstić information content (AvgIpc) is 2.39. The molecule has 0 saturated carbocycles. The second kappa shape index (κ2) is 9.13. The maximum Gasteiger partial charge on any atom is 0.240 e. The van der Waals surface area contributed by atoms with Crippen molar-refractivity contribution in [2.75, 3.05) is 6.54 Å². The van der Waals surface area contributed by atoms with Gasteiger partial charge in [0.1, 0.15) is 6.04 Å². The number of amides is 2. The molecule has 0 saturated heterocycles. The predicted octanol–water partition coefficient (Wildman–Crippen LogP) is -1.62. The Morgan fingerprint density at radius 1 is 1.25 bits per heavy atom. The number of nitrogens with zero attached hydrogens (tertiary/aromatic N) is 1. The van der Waals surface area contributed by atoms with E-state index in [4.69, 9.17) is 22.9 Å². The fraction of sp³-hybridized carbons (Fsp3) is 0.750. The minimum atomic E-state index is -0.758. The molecule has 0 aliphatic rings. The SMILES string of the molecule is CC[C@H](C)[C@H](N)C(=O)N[C@@H](CCCN=C(N)N)C(N)=O. The summed E-state index contributed by atoms with van der Waals surface area (Å²) in [4.78, 5) is 27.0. The topological polar surface area (TPSA) is 163 Å². The molecule has 0 radical (unpaired) electrons. The van der Waals surface area contributed by atoms with Crippen LogP contribution in [-0.4, -0.2) is 36.4 Å². The van der Waals surface area contributed by atoms with Crippen molar-refractivity contribution >= 4 is 17.8 Å². The summed E-state index contributed by atoms with van der Waals surface area (Å²) in [6, 6.07) is -1.41. The molecule has 8 heteroatoms. The number of rotatable bonds is 9. The van der Waals surface area contributed by atoms with Crippen LogP contribution in [0.2, 0.25) is 0 Å². The quantitative estimate of drug-likeness (QED) is 0.195. The zero-order valence-corrected chi connectivity index (χ0v) is 12.1. The molecular weight excluding hydrogens is 260 g/mol. The molecule has 3 atom stereocenters. The second-order valence-corrected chi connectivity index (χ2v) is 4.82. The number of hydrogen-bond donors (Lipinski definition) is 5. The minimum Gasteiger partial charge on any atom is -0.370 e. The lowest BCUT2D eigenvalue weighted by Crippen LogP contribution is -2.52. The van der Waals surface area contributed by atoms with Gasteiger partial charge in [-0.15, -0.1) is 0 Å². The first-order valence-corrected chi connectivity index (χ1v) is 6.70. The first-order valence-electron chi connectivity index (χ1n) is 6.70. The molecule has 9 N–H and O–H groups in total. The highest BCUT2D eigenvalue weighted by molar-refractivity contribution is 5.89. The number of nitrogens with two attached hydrogens (primary N) is 4. The fourth-order valence-corrected chi connectivity index (χ4v) is 1.57. The summed E-state index contributed by atoms with van der Waals surface area (Å²) in [5.74, 6) is -0.946. The van der Waals surface area contributed by atoms with Gasteiger partial charge in [0.15, 0.2) is 5.96 Å². The number of guanidine groups is 1. The van der Waals surface area contributed by atoms with Crippen LogP contribution in [0, 0.1) is 5.92 Å². The maximum atomic E-state index is 11.9. The highest BCUT2D eigenvalue weighted by Crippen LogP contribution is 2.06. The molecule has 0 aromatic rings. The van der Waals surface area contributed by atoms with Crippen LogP contribution in [0.5, 0.6) is 0 Å². The van der Waals surface area contributed by atoms with Crippen molar-refractivity contribution in [3.8, 4) is 0 Å². The molecule has 2 amide bonds. The summed E-state index contributed by atoms with van der Waals surface area (Å²) in [5, 5.41) is 2.57. The molecule has 0 aromatic heterocycles. The van der Waals surface area contributed by atoms with Crippen molar-refractivity contribution in [2.24, 2.45) is 33.8 Å². The van der Waals surface area contributed by atoms with E-state index in [2.05, 4.69) is 10.3 Å². The lowest BCUT2D eigenvalue weighted by atomic mass is 9.99. The second-order valence-electron chi connectivity index (χ2n) is 4.82. The Kier molecular flexibility index (Phi) is 8.30. The average molecular weight is 286 g/mol. The van der Waals surface area contributed by atoms with Gasteiger partial charge in [-0.3, -0.25) is 14.6 Å². The lowest BCUT2D eigenvalue weighted by Gasteiger charge is -2.21. The van der Waals surface area contributed by atoms with Gasteiger partial charge in [-0.2, -0.15) is 0 Å². The first kappa shape index (κ1) is 18.2. The van der Waals surface area contributed by atoms with E-state index in [9.17, 15) is 9.59 Å². The molecular formula is C12H26N6O2. The third kappa shape index (κ3) is 6.93. The highest BCUT2D eigenvalue weighted by atomic mass is 16.2. The van der Waals surface area contributed by atoms with E-state index >= 15 is 0 Å². The van der Waals surface area contributed by atoms with E-state index in [1.54, 1.807) is 0 Å². The molecule has 0 spiro atoms. The van der Waals surface area contributed by atoms with E-state index in [-0.39, 0.29) is 17.8 Å². The van der Waals surface area contributed by atoms with Gasteiger partial charge < -0.3 is 28.3 Å². The van der Waals surface area contributed by atoms with Crippen LogP contribution in [0.4, 0.5) is 0 Å². The number of primary amides is 1. The van der Waals surface area contributed by atoms with Gasteiger partial charge in [-0.05, 0) is 18.8 Å². The number of hydrogen-bond acceptors (Lipinski definition) is 4. The Labute approximate surface area is 119 Å². The molecule has 0 unspecified atom stereocenters. The Hall–Kier alpha value is -1.83. The van der Waals surface area contributed by atoms with Crippen LogP contribution in [0.1, 0.15) is 33.1 Å². The summed E-state index contributed by atoms with van der Waals surface area (Å²) < 4.78 is 0. The lowest BCUT2D eigenvalue weighted by molar-refractivity contribution is -0.129. The smallest absolute Gasteiger partial charge is 0.240 e. The van der Waals surface area contributed by atoms with Crippen molar-refractivity contribution in [2.45, 2.75) is 45.2 Å². The molecule has 0 fully saturated rings. The fourth-order valence-electron chi connectivity index (χ4n) is 1.57. The van der Waals surface area contributed by atoms with E-state index in [1.165, 1.54) is 0 Å². The summed E-state index contributed by atoms with van der Waals surface area (Å²) in [6.07, 6.45) is 1.68. The maximum absolute atomic E-state index is 11.9. The number of nitrogens with one attached hydrogen (secondary N) is 1. The third-order valence-corrected chi connectivity index (χ3v) is 3.16. The molecule has 0 bridgehead atoms. The molecule has 0 aromatic carbocycles. The van der Waals surface area contributed by atoms with Gasteiger partial charge in [0.2, 0.25) is 11.8 Å². The van der Waals surface area contributed by atoms with E-state index in [0.717, 1.165) is 6.42 Å². The number of carbonyl (C=O) groups excluding carboxylic acids is 2. The van der Waals surface area contributed by atoms with Gasteiger partial charge in [-0.1, -0.05) is 20.3 Å². The standard InChI is InChI=1S/C12H26N6O2/c1-3-7(2)9(13)11(20)18-8(10(14)19)5-4-6-17-12(15)16/h7-9H,3-6,13H2,1-2H3,(H2,14,19)(H,18,20)(H4,15,16,17)/t7-,8-,9-/m0/s1. The Morgan fingerprint density at radius 2 is 1.85 bits per heavy atom. The molecule has 0 rings (SSSR count).